The van der Waals surface area contributed by atoms with E-state index in [0.29, 0.717) is 10.00 Å². The van der Waals surface area contributed by atoms with Crippen molar-refractivity contribution in [3.05, 3.63) is 0 Å². The van der Waals surface area contributed by atoms with Crippen molar-refractivity contribution in [2.24, 2.45) is 11.3 Å². The Kier molecular flexibility index (Phi) is 5.75. The van der Waals surface area contributed by atoms with Crippen LogP contribution in [0.15, 0.2) is 0 Å². The van der Waals surface area contributed by atoms with Crippen LogP contribution in [0.1, 0.15) is 41.0 Å². The summed E-state index contributed by atoms with van der Waals surface area (Å²) < 4.78 is 0.469. The molecule has 0 aromatic carbocycles. The first-order valence-electron chi connectivity index (χ1n) is 4.63. The first kappa shape index (κ1) is 12.7. The maximum Gasteiger partial charge on any atom is 0.0520 e. The second kappa shape index (κ2) is 5.43. The molecule has 0 aromatic heterocycles. The van der Waals surface area contributed by atoms with Crippen LogP contribution in [0.5, 0.6) is 0 Å². The minimum Gasteiger partial charge on any atom is -0.164 e. The van der Waals surface area contributed by atoms with Gasteiger partial charge >= 0.3 is 0 Å². The van der Waals surface area contributed by atoms with Crippen molar-refractivity contribution in [3.63, 3.8) is 0 Å². The van der Waals surface area contributed by atoms with Gasteiger partial charge in [-0.1, -0.05) is 34.6 Å². The van der Waals surface area contributed by atoms with Crippen molar-refractivity contribution in [2.45, 2.75) is 45.6 Å². The summed E-state index contributed by atoms with van der Waals surface area (Å²) in [6, 6.07) is 0. The molecule has 0 spiro atoms. The predicted molar refractivity (Wildman–Crippen MR) is 64.1 cm³/mol. The molecule has 0 amide bonds. The van der Waals surface area contributed by atoms with Crippen LogP contribution >= 0.6 is 24.4 Å². The zero-order valence-electron chi connectivity index (χ0n) is 8.92. The van der Waals surface area contributed by atoms with Gasteiger partial charge in [0, 0.05) is 0 Å². The highest BCUT2D eigenvalue weighted by molar-refractivity contribution is 8.10. The molecule has 1 atom stereocenters. The summed E-state index contributed by atoms with van der Waals surface area (Å²) in [5.41, 5.74) is 0.324. The molecule has 0 bridgehead atoms. The molecule has 1 unspecified atom stereocenters. The highest BCUT2D eigenvalue weighted by Crippen LogP contribution is 2.33. The van der Waals surface area contributed by atoms with Crippen LogP contribution < -0.4 is 0 Å². The van der Waals surface area contributed by atoms with E-state index in [1.807, 2.05) is 11.8 Å². The van der Waals surface area contributed by atoms with Crippen molar-refractivity contribution in [3.8, 4) is 0 Å². The van der Waals surface area contributed by atoms with Gasteiger partial charge in [-0.05, 0) is 23.5 Å². The molecule has 0 nitrogen and oxygen atoms in total. The van der Waals surface area contributed by atoms with Crippen LogP contribution in [-0.4, -0.2) is 10.3 Å². The zero-order valence-corrected chi connectivity index (χ0v) is 10.6. The van der Waals surface area contributed by atoms with Crippen LogP contribution in [0.2, 0.25) is 0 Å². The molecule has 0 N–H and O–H groups in total. The van der Waals surface area contributed by atoms with E-state index in [-0.39, 0.29) is 0 Å². The number of rotatable bonds is 4. The number of hydrogen-bond donors (Lipinski definition) is 1. The molecule has 0 saturated carbocycles. The first-order chi connectivity index (χ1) is 5.34. The van der Waals surface area contributed by atoms with Gasteiger partial charge < -0.3 is 0 Å². The third kappa shape index (κ3) is 6.24. The summed E-state index contributed by atoms with van der Waals surface area (Å²) in [6.45, 7) is 11.3. The lowest BCUT2D eigenvalue weighted by atomic mass is 10.0. The Morgan fingerprint density at radius 1 is 1.25 bits per heavy atom. The summed E-state index contributed by atoms with van der Waals surface area (Å²) >= 11 is 6.55. The third-order valence-corrected chi connectivity index (χ3v) is 4.43. The molecule has 12 heavy (non-hydrogen) atoms. The highest BCUT2D eigenvalue weighted by atomic mass is 32.2. The molecule has 0 aromatic rings. The lowest BCUT2D eigenvalue weighted by Gasteiger charge is -2.25. The summed E-state index contributed by atoms with van der Waals surface area (Å²) in [4.78, 5) is 0. The third-order valence-electron chi connectivity index (χ3n) is 1.71. The quantitative estimate of drug-likeness (QED) is 0.534. The minimum absolute atomic E-state index is 0.324. The molecule has 0 aliphatic heterocycles. The monoisotopic (exact) mass is 206 g/mol. The Morgan fingerprint density at radius 2 is 1.75 bits per heavy atom. The van der Waals surface area contributed by atoms with Gasteiger partial charge in [0.15, 0.2) is 0 Å². The normalized spacial score (nSPS) is 15.2. The Hall–Kier alpha value is 0.700. The second-order valence-corrected chi connectivity index (χ2v) is 6.85. The van der Waals surface area contributed by atoms with E-state index in [1.165, 1.54) is 12.2 Å². The fourth-order valence-electron chi connectivity index (χ4n) is 0.665. The Bertz CT molecular complexity index is 113. The van der Waals surface area contributed by atoms with E-state index in [1.54, 1.807) is 0 Å². The van der Waals surface area contributed by atoms with Crippen molar-refractivity contribution in [2.75, 3.05) is 5.75 Å². The van der Waals surface area contributed by atoms with Crippen LogP contribution in [0, 0.1) is 11.3 Å². The lowest BCUT2D eigenvalue weighted by Crippen LogP contribution is -2.17. The molecule has 2 heteroatoms. The van der Waals surface area contributed by atoms with Crippen LogP contribution in [0.4, 0.5) is 0 Å². The summed E-state index contributed by atoms with van der Waals surface area (Å²) in [7, 11) is 0. The van der Waals surface area contributed by atoms with Crippen LogP contribution in [-0.2, 0) is 0 Å². The smallest absolute Gasteiger partial charge is 0.0520 e. The van der Waals surface area contributed by atoms with Gasteiger partial charge in [-0.15, -0.1) is 11.8 Å². The standard InChI is InChI=1S/C10H22S2/c1-8(2)6-7-12-9(11)10(3,4)5/h8-9,11H,6-7H2,1-5H3. The second-order valence-electron chi connectivity index (χ2n) is 4.77. The van der Waals surface area contributed by atoms with E-state index in [9.17, 15) is 0 Å². The Balaban J connectivity index is 3.51. The average molecular weight is 206 g/mol. The van der Waals surface area contributed by atoms with Gasteiger partial charge in [-0.3, -0.25) is 0 Å². The van der Waals surface area contributed by atoms with Gasteiger partial charge in [0.1, 0.15) is 0 Å². The molecule has 0 saturated heterocycles. The lowest BCUT2D eigenvalue weighted by molar-refractivity contribution is 0.460. The van der Waals surface area contributed by atoms with E-state index in [2.05, 4.69) is 47.2 Å². The van der Waals surface area contributed by atoms with E-state index >= 15 is 0 Å². The SMILES string of the molecule is CC(C)CCSC(S)C(C)(C)C. The van der Waals surface area contributed by atoms with E-state index in [0.717, 1.165) is 5.92 Å². The van der Waals surface area contributed by atoms with Gasteiger partial charge in [0.05, 0.1) is 4.58 Å². The Morgan fingerprint density at radius 3 is 2.08 bits per heavy atom. The molecule has 0 aliphatic rings. The molecular formula is C10H22S2. The van der Waals surface area contributed by atoms with E-state index < -0.39 is 0 Å². The largest absolute Gasteiger partial charge is 0.164 e. The molecule has 0 radical (unpaired) electrons. The fraction of sp³-hybridized carbons (Fsp3) is 1.00. The fourth-order valence-corrected chi connectivity index (χ4v) is 2.31. The summed E-state index contributed by atoms with van der Waals surface area (Å²) in [6.07, 6.45) is 1.30. The topological polar surface area (TPSA) is 0 Å². The van der Waals surface area contributed by atoms with Crippen LogP contribution in [0.3, 0.4) is 0 Å². The summed E-state index contributed by atoms with van der Waals surface area (Å²) in [5.74, 6) is 2.06. The zero-order chi connectivity index (χ0) is 9.78. The highest BCUT2D eigenvalue weighted by Gasteiger charge is 2.20. The van der Waals surface area contributed by atoms with Gasteiger partial charge in [-0.2, -0.15) is 12.6 Å². The number of thiol groups is 1. The van der Waals surface area contributed by atoms with Gasteiger partial charge in [0.2, 0.25) is 0 Å². The van der Waals surface area contributed by atoms with Crippen molar-refractivity contribution >= 4 is 24.4 Å². The Labute approximate surface area is 87.3 Å². The minimum atomic E-state index is 0.324. The number of thioether (sulfide) groups is 1. The molecule has 0 aliphatic carbocycles. The molecule has 0 heterocycles. The average Bonchev–Trinajstić information content (AvgIpc) is 1.84. The van der Waals surface area contributed by atoms with Crippen molar-refractivity contribution < 1.29 is 0 Å². The summed E-state index contributed by atoms with van der Waals surface area (Å²) in [5, 5.41) is 0. The van der Waals surface area contributed by atoms with Crippen molar-refractivity contribution in [1.29, 1.82) is 0 Å². The number of hydrogen-bond acceptors (Lipinski definition) is 2. The first-order valence-corrected chi connectivity index (χ1v) is 6.20. The maximum atomic E-state index is 4.58. The molecular weight excluding hydrogens is 184 g/mol. The van der Waals surface area contributed by atoms with E-state index in [4.69, 9.17) is 0 Å². The van der Waals surface area contributed by atoms with Crippen molar-refractivity contribution in [1.82, 2.24) is 0 Å². The molecule has 74 valence electrons. The molecule has 0 rings (SSSR count). The van der Waals surface area contributed by atoms with Crippen LogP contribution in [0.25, 0.3) is 0 Å². The molecule has 0 fully saturated rings. The van der Waals surface area contributed by atoms with Gasteiger partial charge in [-0.25, -0.2) is 0 Å². The van der Waals surface area contributed by atoms with Gasteiger partial charge in [0.25, 0.3) is 0 Å². The predicted octanol–water partition coefficient (Wildman–Crippen LogP) is 4.07. The maximum absolute atomic E-state index is 4.58.